The monoisotopic (exact) mass is 385 g/mol. The van der Waals surface area contributed by atoms with Gasteiger partial charge in [-0.3, -0.25) is 10.1 Å². The minimum atomic E-state index is -3.60. The Hall–Kier alpha value is -2.46. The highest BCUT2D eigenvalue weighted by Crippen LogP contribution is 2.14. The first-order valence-corrected chi connectivity index (χ1v) is 9.32. The van der Waals surface area contributed by atoms with E-state index < -0.39 is 34.5 Å². The Morgan fingerprint density at radius 2 is 1.73 bits per heavy atom. The molecule has 0 saturated carbocycles. The maximum atomic E-state index is 11.9. The van der Waals surface area contributed by atoms with Crippen molar-refractivity contribution in [3.8, 4) is 0 Å². The van der Waals surface area contributed by atoms with Crippen molar-refractivity contribution < 1.29 is 27.5 Å². The number of esters is 1. The molecule has 0 spiro atoms. The molecule has 2 N–H and O–H groups in total. The van der Waals surface area contributed by atoms with E-state index >= 15 is 0 Å². The average Bonchev–Trinajstić information content (AvgIpc) is 2.59. The largest absolute Gasteiger partial charge is 0.452 e. The van der Waals surface area contributed by atoms with E-state index in [2.05, 4.69) is 5.32 Å². The lowest BCUT2D eigenvalue weighted by molar-refractivity contribution is -0.123. The van der Waals surface area contributed by atoms with E-state index in [4.69, 9.17) is 4.74 Å². The second-order valence-electron chi connectivity index (χ2n) is 5.72. The number of carbonyl (C=O) groups is 3. The van der Waals surface area contributed by atoms with Crippen molar-refractivity contribution in [2.75, 3.05) is 20.7 Å². The topological polar surface area (TPSA) is 122 Å². The van der Waals surface area contributed by atoms with Gasteiger partial charge in [-0.25, -0.2) is 22.3 Å². The summed E-state index contributed by atoms with van der Waals surface area (Å²) in [5, 5.41) is 4.58. The summed E-state index contributed by atoms with van der Waals surface area (Å²) in [7, 11) is -0.805. The van der Waals surface area contributed by atoms with Gasteiger partial charge in [0.2, 0.25) is 10.0 Å². The van der Waals surface area contributed by atoms with Crippen molar-refractivity contribution in [1.29, 1.82) is 0 Å². The van der Waals surface area contributed by atoms with Gasteiger partial charge in [0.05, 0.1) is 10.5 Å². The lowest BCUT2D eigenvalue weighted by atomic mass is 10.2. The maximum Gasteiger partial charge on any atom is 0.338 e. The van der Waals surface area contributed by atoms with E-state index in [9.17, 15) is 22.8 Å². The van der Waals surface area contributed by atoms with Crippen LogP contribution < -0.4 is 10.6 Å². The number of nitrogens with one attached hydrogen (secondary N) is 2. The molecule has 1 rings (SSSR count). The molecule has 0 unspecified atom stereocenters. The highest BCUT2D eigenvalue weighted by molar-refractivity contribution is 7.89. The van der Waals surface area contributed by atoms with Crippen LogP contribution in [0.5, 0.6) is 0 Å². The molecule has 0 saturated heterocycles. The van der Waals surface area contributed by atoms with E-state index in [1.807, 2.05) is 12.2 Å². The SMILES string of the molecule is CC[C@@H](C)NC(=O)NC(=O)COC(=O)c1ccc(S(=O)(=O)N(C)C)cc1. The molecule has 1 aromatic carbocycles. The molecule has 0 radical (unpaired) electrons. The molecule has 10 heteroatoms. The number of hydrogen-bond donors (Lipinski definition) is 2. The molecule has 1 atom stereocenters. The van der Waals surface area contributed by atoms with E-state index in [0.717, 1.165) is 4.31 Å². The molecular formula is C16H23N3O6S. The van der Waals surface area contributed by atoms with Crippen molar-refractivity contribution >= 4 is 27.9 Å². The first-order valence-electron chi connectivity index (χ1n) is 7.88. The molecular weight excluding hydrogens is 362 g/mol. The summed E-state index contributed by atoms with van der Waals surface area (Å²) in [6, 6.07) is 4.34. The molecule has 26 heavy (non-hydrogen) atoms. The number of rotatable bonds is 7. The standard InChI is InChI=1S/C16H23N3O6S/c1-5-11(2)17-16(22)18-14(20)10-25-15(21)12-6-8-13(9-7-12)26(23,24)19(3)4/h6-9,11H,5,10H2,1-4H3,(H2,17,18,20,22)/t11-/m1/s1. The zero-order valence-electron chi connectivity index (χ0n) is 15.1. The van der Waals surface area contributed by atoms with E-state index in [0.29, 0.717) is 6.42 Å². The summed E-state index contributed by atoms with van der Waals surface area (Å²) in [5.41, 5.74) is 0.0829. The Morgan fingerprint density at radius 1 is 1.15 bits per heavy atom. The van der Waals surface area contributed by atoms with Gasteiger partial charge < -0.3 is 10.1 Å². The van der Waals surface area contributed by atoms with Gasteiger partial charge in [0.25, 0.3) is 5.91 Å². The summed E-state index contributed by atoms with van der Waals surface area (Å²) < 4.78 is 29.8. The van der Waals surface area contributed by atoms with Gasteiger partial charge in [-0.15, -0.1) is 0 Å². The van der Waals surface area contributed by atoms with E-state index in [1.54, 1.807) is 6.92 Å². The number of nitrogens with zero attached hydrogens (tertiary/aromatic N) is 1. The molecule has 0 aromatic heterocycles. The minimum absolute atomic E-state index is 0.0264. The van der Waals surface area contributed by atoms with Crippen molar-refractivity contribution in [3.05, 3.63) is 29.8 Å². The quantitative estimate of drug-likeness (QED) is 0.667. The number of sulfonamides is 1. The van der Waals surface area contributed by atoms with Gasteiger partial charge >= 0.3 is 12.0 Å². The number of ether oxygens (including phenoxy) is 1. The van der Waals surface area contributed by atoms with Gasteiger partial charge in [-0.1, -0.05) is 6.92 Å². The summed E-state index contributed by atoms with van der Waals surface area (Å²) in [6.07, 6.45) is 0.704. The smallest absolute Gasteiger partial charge is 0.338 e. The third-order valence-electron chi connectivity index (χ3n) is 3.45. The van der Waals surface area contributed by atoms with Gasteiger partial charge in [-0.05, 0) is 37.6 Å². The van der Waals surface area contributed by atoms with Crippen LogP contribution in [0.3, 0.4) is 0 Å². The Bertz CT molecular complexity index is 759. The van der Waals surface area contributed by atoms with Crippen LogP contribution in [0.1, 0.15) is 30.6 Å². The van der Waals surface area contributed by atoms with Gasteiger partial charge in [0.15, 0.2) is 6.61 Å². The number of hydrogen-bond acceptors (Lipinski definition) is 6. The lowest BCUT2D eigenvalue weighted by Gasteiger charge is -2.12. The Labute approximate surface area is 152 Å². The molecule has 9 nitrogen and oxygen atoms in total. The molecule has 0 fully saturated rings. The molecule has 0 aliphatic rings. The molecule has 0 aliphatic carbocycles. The number of imide groups is 1. The predicted octanol–water partition coefficient (Wildman–Crippen LogP) is 0.718. The highest BCUT2D eigenvalue weighted by Gasteiger charge is 2.18. The lowest BCUT2D eigenvalue weighted by Crippen LogP contribution is -2.44. The van der Waals surface area contributed by atoms with Crippen LogP contribution in [0.4, 0.5) is 4.79 Å². The third kappa shape index (κ3) is 6.12. The summed E-state index contributed by atoms with van der Waals surface area (Å²) in [6.45, 7) is 3.03. The number of urea groups is 1. The van der Waals surface area contributed by atoms with Crippen LogP contribution in [-0.2, 0) is 19.6 Å². The van der Waals surface area contributed by atoms with Crippen LogP contribution in [0, 0.1) is 0 Å². The van der Waals surface area contributed by atoms with Crippen LogP contribution in [0.25, 0.3) is 0 Å². The zero-order valence-corrected chi connectivity index (χ0v) is 15.9. The van der Waals surface area contributed by atoms with Crippen molar-refractivity contribution in [2.45, 2.75) is 31.2 Å². The second-order valence-corrected chi connectivity index (χ2v) is 7.87. The molecule has 0 aliphatic heterocycles. The third-order valence-corrected chi connectivity index (χ3v) is 5.28. The Kier molecular flexibility index (Phi) is 7.72. The molecule has 1 aromatic rings. The van der Waals surface area contributed by atoms with Gasteiger partial charge in [-0.2, -0.15) is 0 Å². The second kappa shape index (κ2) is 9.30. The molecule has 144 valence electrons. The average molecular weight is 385 g/mol. The summed E-state index contributed by atoms with van der Waals surface area (Å²) >= 11 is 0. The Morgan fingerprint density at radius 3 is 2.23 bits per heavy atom. The number of amides is 3. The minimum Gasteiger partial charge on any atom is -0.452 e. The van der Waals surface area contributed by atoms with Gasteiger partial charge in [0.1, 0.15) is 0 Å². The van der Waals surface area contributed by atoms with Crippen LogP contribution in [0.15, 0.2) is 29.2 Å². The van der Waals surface area contributed by atoms with Crippen molar-refractivity contribution in [3.63, 3.8) is 0 Å². The van der Waals surface area contributed by atoms with Crippen LogP contribution >= 0.6 is 0 Å². The van der Waals surface area contributed by atoms with Crippen LogP contribution in [0.2, 0.25) is 0 Å². The van der Waals surface area contributed by atoms with E-state index in [-0.39, 0.29) is 16.5 Å². The Balaban J connectivity index is 2.58. The number of benzene rings is 1. The van der Waals surface area contributed by atoms with Crippen LogP contribution in [-0.4, -0.2) is 57.4 Å². The highest BCUT2D eigenvalue weighted by atomic mass is 32.2. The fourth-order valence-corrected chi connectivity index (χ4v) is 2.61. The summed E-state index contributed by atoms with van der Waals surface area (Å²) in [4.78, 5) is 35.0. The number of carbonyl (C=O) groups excluding carboxylic acids is 3. The fraction of sp³-hybridized carbons (Fsp3) is 0.438. The van der Waals surface area contributed by atoms with E-state index in [1.165, 1.54) is 38.4 Å². The summed E-state index contributed by atoms with van der Waals surface area (Å²) in [5.74, 6) is -1.58. The molecule has 0 heterocycles. The predicted molar refractivity (Wildman–Crippen MR) is 94.0 cm³/mol. The fourth-order valence-electron chi connectivity index (χ4n) is 1.71. The maximum absolute atomic E-state index is 11.9. The normalized spacial score (nSPS) is 12.3. The zero-order chi connectivity index (χ0) is 19.9. The first kappa shape index (κ1) is 21.6. The van der Waals surface area contributed by atoms with Gasteiger partial charge in [0, 0.05) is 20.1 Å². The molecule has 0 bridgehead atoms. The van der Waals surface area contributed by atoms with Crippen molar-refractivity contribution in [2.24, 2.45) is 0 Å². The van der Waals surface area contributed by atoms with Crippen molar-refractivity contribution in [1.82, 2.24) is 14.9 Å². The first-order chi connectivity index (χ1) is 12.1. The molecule has 3 amide bonds.